The van der Waals surface area contributed by atoms with Crippen LogP contribution in [0, 0.1) is 5.92 Å². The predicted octanol–water partition coefficient (Wildman–Crippen LogP) is 6.15. The second kappa shape index (κ2) is 9.58. The normalized spacial score (nSPS) is 15.8. The van der Waals surface area contributed by atoms with Gasteiger partial charge in [0.15, 0.2) is 0 Å². The highest BCUT2D eigenvalue weighted by Crippen LogP contribution is 2.29. The Morgan fingerprint density at radius 2 is 1.46 bits per heavy atom. The largest absolute Gasteiger partial charge is 0.303 e. The summed E-state index contributed by atoms with van der Waals surface area (Å²) in [5.74, 6) is 1.12. The summed E-state index contributed by atoms with van der Waals surface area (Å²) in [5, 5.41) is 2.33. The Balaban J connectivity index is 0.00000225. The van der Waals surface area contributed by atoms with Gasteiger partial charge in [0.2, 0.25) is 5.91 Å². The SMILES string of the molecule is CC1CCN(CCCCCC(=O)n2c3ccccc3c3ccccc32)CC1.Cl. The van der Waals surface area contributed by atoms with Gasteiger partial charge in [0.1, 0.15) is 0 Å². The first kappa shape index (κ1) is 20.9. The molecule has 2 aromatic carbocycles. The molecule has 0 atom stereocenters. The molecule has 4 rings (SSSR count). The maximum Gasteiger partial charge on any atom is 0.231 e. The standard InChI is InChI=1S/C24H30N2O.ClH/c1-19-14-17-25(18-15-19)16-8-2-3-13-24(27)26-22-11-6-4-9-20(22)21-10-5-7-12-23(21)26;/h4-7,9-12,19H,2-3,8,13-18H2,1H3;1H. The minimum Gasteiger partial charge on any atom is -0.303 e. The van der Waals surface area contributed by atoms with E-state index in [-0.39, 0.29) is 18.3 Å². The summed E-state index contributed by atoms with van der Waals surface area (Å²) in [4.78, 5) is 15.6. The van der Waals surface area contributed by atoms with Crippen LogP contribution in [0.1, 0.15) is 50.2 Å². The van der Waals surface area contributed by atoms with Crippen molar-refractivity contribution in [1.82, 2.24) is 9.47 Å². The van der Waals surface area contributed by atoms with Crippen LogP contribution in [0.2, 0.25) is 0 Å². The van der Waals surface area contributed by atoms with Crippen LogP contribution < -0.4 is 0 Å². The van der Waals surface area contributed by atoms with Crippen LogP contribution in [0.3, 0.4) is 0 Å². The van der Waals surface area contributed by atoms with Crippen LogP contribution in [0.15, 0.2) is 48.5 Å². The highest BCUT2D eigenvalue weighted by molar-refractivity contribution is 6.13. The molecule has 0 aliphatic carbocycles. The summed E-state index contributed by atoms with van der Waals surface area (Å²) in [6.07, 6.45) is 6.62. The first-order valence-corrected chi connectivity index (χ1v) is 10.5. The fourth-order valence-electron chi connectivity index (χ4n) is 4.38. The zero-order chi connectivity index (χ0) is 18.6. The van der Waals surface area contributed by atoms with Gasteiger partial charge in [-0.3, -0.25) is 9.36 Å². The van der Waals surface area contributed by atoms with Crippen molar-refractivity contribution < 1.29 is 4.79 Å². The van der Waals surface area contributed by atoms with E-state index in [1.165, 1.54) is 49.7 Å². The van der Waals surface area contributed by atoms with Crippen molar-refractivity contribution in [2.45, 2.75) is 45.4 Å². The minimum atomic E-state index is 0. The number of para-hydroxylation sites is 2. The van der Waals surface area contributed by atoms with E-state index < -0.39 is 0 Å². The number of rotatable bonds is 6. The van der Waals surface area contributed by atoms with E-state index in [2.05, 4.69) is 36.1 Å². The summed E-state index contributed by atoms with van der Waals surface area (Å²) < 4.78 is 1.93. The molecule has 0 unspecified atom stereocenters. The summed E-state index contributed by atoms with van der Waals surface area (Å²) in [5.41, 5.74) is 2.07. The summed E-state index contributed by atoms with van der Waals surface area (Å²) in [6, 6.07) is 16.5. The Hall–Kier alpha value is -1.84. The van der Waals surface area contributed by atoms with Crippen LogP contribution in [-0.2, 0) is 0 Å². The van der Waals surface area contributed by atoms with E-state index in [0.29, 0.717) is 6.42 Å². The Morgan fingerprint density at radius 3 is 2.07 bits per heavy atom. The van der Waals surface area contributed by atoms with Crippen molar-refractivity contribution >= 4 is 40.1 Å². The number of hydrogen-bond acceptors (Lipinski definition) is 2. The zero-order valence-electron chi connectivity index (χ0n) is 16.8. The van der Waals surface area contributed by atoms with E-state index >= 15 is 0 Å². The van der Waals surface area contributed by atoms with Crippen molar-refractivity contribution in [2.75, 3.05) is 19.6 Å². The molecular formula is C24H31ClN2O. The zero-order valence-corrected chi connectivity index (χ0v) is 17.6. The highest BCUT2D eigenvalue weighted by Gasteiger charge is 2.16. The third kappa shape index (κ3) is 4.42. The Bertz CT molecular complexity index is 871. The highest BCUT2D eigenvalue weighted by atomic mass is 35.5. The summed E-state index contributed by atoms with van der Waals surface area (Å²) in [6.45, 7) is 6.05. The number of hydrogen-bond donors (Lipinski definition) is 0. The van der Waals surface area contributed by atoms with Crippen molar-refractivity contribution in [2.24, 2.45) is 5.92 Å². The lowest BCUT2D eigenvalue weighted by molar-refractivity contribution is 0.0908. The van der Waals surface area contributed by atoms with Gasteiger partial charge in [-0.2, -0.15) is 0 Å². The Morgan fingerprint density at radius 1 is 0.893 bits per heavy atom. The van der Waals surface area contributed by atoms with Crippen molar-refractivity contribution in [3.63, 3.8) is 0 Å². The lowest BCUT2D eigenvalue weighted by Crippen LogP contribution is -2.33. The van der Waals surface area contributed by atoms with E-state index in [4.69, 9.17) is 0 Å². The number of fused-ring (bicyclic) bond motifs is 3. The molecule has 2 heterocycles. The first-order valence-electron chi connectivity index (χ1n) is 10.5. The topological polar surface area (TPSA) is 25.2 Å². The van der Waals surface area contributed by atoms with E-state index in [1.807, 2.05) is 28.8 Å². The second-order valence-corrected chi connectivity index (χ2v) is 8.10. The quantitative estimate of drug-likeness (QED) is 0.465. The van der Waals surface area contributed by atoms with E-state index in [9.17, 15) is 4.79 Å². The molecule has 0 radical (unpaired) electrons. The van der Waals surface area contributed by atoms with Gasteiger partial charge < -0.3 is 4.90 Å². The number of likely N-dealkylation sites (tertiary alicyclic amines) is 1. The van der Waals surface area contributed by atoms with Gasteiger partial charge in [0.25, 0.3) is 0 Å². The Kier molecular flexibility index (Phi) is 7.14. The third-order valence-corrected chi connectivity index (χ3v) is 6.07. The molecule has 150 valence electrons. The smallest absolute Gasteiger partial charge is 0.231 e. The molecule has 1 saturated heterocycles. The van der Waals surface area contributed by atoms with Crippen molar-refractivity contribution in [3.8, 4) is 0 Å². The number of nitrogens with zero attached hydrogens (tertiary/aromatic N) is 2. The van der Waals surface area contributed by atoms with Crippen LogP contribution >= 0.6 is 12.4 Å². The van der Waals surface area contributed by atoms with Gasteiger partial charge in [-0.15, -0.1) is 12.4 Å². The minimum absolute atomic E-state index is 0. The molecular weight excluding hydrogens is 368 g/mol. The maximum absolute atomic E-state index is 13.0. The van der Waals surface area contributed by atoms with Gasteiger partial charge in [-0.05, 0) is 63.4 Å². The van der Waals surface area contributed by atoms with Crippen molar-refractivity contribution in [3.05, 3.63) is 48.5 Å². The second-order valence-electron chi connectivity index (χ2n) is 8.10. The molecule has 0 amide bonds. The molecule has 1 aromatic heterocycles. The number of aromatic nitrogens is 1. The lowest BCUT2D eigenvalue weighted by atomic mass is 9.99. The molecule has 4 heteroatoms. The molecule has 3 aromatic rings. The van der Waals surface area contributed by atoms with Crippen LogP contribution in [-0.4, -0.2) is 35.0 Å². The molecule has 28 heavy (non-hydrogen) atoms. The number of piperidine rings is 1. The predicted molar refractivity (Wildman–Crippen MR) is 121 cm³/mol. The third-order valence-electron chi connectivity index (χ3n) is 6.07. The van der Waals surface area contributed by atoms with Gasteiger partial charge in [0.05, 0.1) is 11.0 Å². The average Bonchev–Trinajstić information content (AvgIpc) is 3.04. The molecule has 0 saturated carbocycles. The van der Waals surface area contributed by atoms with Crippen molar-refractivity contribution in [1.29, 1.82) is 0 Å². The molecule has 1 aliphatic rings. The Labute approximate surface area is 174 Å². The number of benzene rings is 2. The lowest BCUT2D eigenvalue weighted by Gasteiger charge is -2.30. The van der Waals surface area contributed by atoms with Gasteiger partial charge in [0, 0.05) is 17.2 Å². The number of unbranched alkanes of at least 4 members (excludes halogenated alkanes) is 2. The molecule has 1 aliphatic heterocycles. The number of carbonyl (C=O) groups excluding carboxylic acids is 1. The molecule has 0 bridgehead atoms. The van der Waals surface area contributed by atoms with Gasteiger partial charge in [-0.1, -0.05) is 49.7 Å². The summed E-state index contributed by atoms with van der Waals surface area (Å²) >= 11 is 0. The molecule has 0 spiro atoms. The number of halogens is 1. The van der Waals surface area contributed by atoms with Crippen LogP contribution in [0.5, 0.6) is 0 Å². The van der Waals surface area contributed by atoms with Gasteiger partial charge >= 0.3 is 0 Å². The van der Waals surface area contributed by atoms with E-state index in [0.717, 1.165) is 29.8 Å². The molecule has 1 fully saturated rings. The number of carbonyl (C=O) groups is 1. The average molecular weight is 399 g/mol. The first-order chi connectivity index (χ1) is 13.2. The van der Waals surface area contributed by atoms with Crippen LogP contribution in [0.4, 0.5) is 0 Å². The monoisotopic (exact) mass is 398 g/mol. The molecule has 3 nitrogen and oxygen atoms in total. The van der Waals surface area contributed by atoms with E-state index in [1.54, 1.807) is 0 Å². The van der Waals surface area contributed by atoms with Crippen LogP contribution in [0.25, 0.3) is 21.8 Å². The fraction of sp³-hybridized carbons (Fsp3) is 0.458. The van der Waals surface area contributed by atoms with Gasteiger partial charge in [-0.25, -0.2) is 0 Å². The maximum atomic E-state index is 13.0. The summed E-state index contributed by atoms with van der Waals surface area (Å²) in [7, 11) is 0. The fourth-order valence-corrected chi connectivity index (χ4v) is 4.38. The molecule has 0 N–H and O–H groups in total.